The standard InChI is InChI=1S/C16H13F4NO2/c17-14-9-11(15(22)23)2-1-10(14)7-8-21-13-5-3-12(4-6-13)16(18,19)20/h1-6,9,21H,7-8H2,(H,22,23). The predicted molar refractivity (Wildman–Crippen MR) is 77.0 cm³/mol. The van der Waals surface area contributed by atoms with Gasteiger partial charge in [0.1, 0.15) is 5.82 Å². The van der Waals surface area contributed by atoms with E-state index in [1.165, 1.54) is 24.3 Å². The van der Waals surface area contributed by atoms with Crippen LogP contribution in [0.25, 0.3) is 0 Å². The van der Waals surface area contributed by atoms with Gasteiger partial charge in [0.25, 0.3) is 0 Å². The molecule has 0 unspecified atom stereocenters. The third kappa shape index (κ3) is 4.45. The number of hydrogen-bond donors (Lipinski definition) is 2. The first-order chi connectivity index (χ1) is 10.8. The Balaban J connectivity index is 1.93. The number of halogens is 4. The molecule has 0 heterocycles. The number of anilines is 1. The zero-order valence-corrected chi connectivity index (χ0v) is 11.8. The topological polar surface area (TPSA) is 49.3 Å². The second kappa shape index (κ2) is 6.68. The molecule has 0 spiro atoms. The molecule has 0 radical (unpaired) electrons. The summed E-state index contributed by atoms with van der Waals surface area (Å²) in [5, 5.41) is 11.6. The maximum Gasteiger partial charge on any atom is 0.416 e. The van der Waals surface area contributed by atoms with E-state index in [-0.39, 0.29) is 12.0 Å². The van der Waals surface area contributed by atoms with Gasteiger partial charge in [0, 0.05) is 12.2 Å². The summed E-state index contributed by atoms with van der Waals surface area (Å²) >= 11 is 0. The number of carboxylic acid groups (broad SMARTS) is 1. The first-order valence-electron chi connectivity index (χ1n) is 6.70. The van der Waals surface area contributed by atoms with Crippen molar-refractivity contribution in [1.29, 1.82) is 0 Å². The average molecular weight is 327 g/mol. The molecule has 0 atom stereocenters. The largest absolute Gasteiger partial charge is 0.478 e. The minimum absolute atomic E-state index is 0.137. The van der Waals surface area contributed by atoms with Crippen molar-refractivity contribution in [3.05, 3.63) is 65.0 Å². The van der Waals surface area contributed by atoms with Gasteiger partial charge < -0.3 is 10.4 Å². The molecule has 3 nitrogen and oxygen atoms in total. The summed E-state index contributed by atoms with van der Waals surface area (Å²) in [6.07, 6.45) is -4.11. The van der Waals surface area contributed by atoms with Gasteiger partial charge >= 0.3 is 12.1 Å². The minimum atomic E-state index is -4.38. The zero-order valence-electron chi connectivity index (χ0n) is 11.8. The van der Waals surface area contributed by atoms with E-state index in [1.807, 2.05) is 0 Å². The van der Waals surface area contributed by atoms with Gasteiger partial charge in [-0.25, -0.2) is 9.18 Å². The molecule has 0 saturated heterocycles. The number of rotatable bonds is 5. The maximum atomic E-state index is 13.7. The van der Waals surface area contributed by atoms with Gasteiger partial charge in [0.05, 0.1) is 11.1 Å². The Morgan fingerprint density at radius 1 is 1.09 bits per heavy atom. The van der Waals surface area contributed by atoms with Crippen LogP contribution >= 0.6 is 0 Å². The van der Waals surface area contributed by atoms with Gasteiger partial charge in [-0.15, -0.1) is 0 Å². The molecule has 0 bridgehead atoms. The molecule has 2 rings (SSSR count). The van der Waals surface area contributed by atoms with E-state index >= 15 is 0 Å². The minimum Gasteiger partial charge on any atom is -0.478 e. The summed E-state index contributed by atoms with van der Waals surface area (Å²) in [6, 6.07) is 8.15. The average Bonchev–Trinajstić information content (AvgIpc) is 2.48. The van der Waals surface area contributed by atoms with Crippen molar-refractivity contribution in [2.45, 2.75) is 12.6 Å². The molecule has 7 heteroatoms. The lowest BCUT2D eigenvalue weighted by Crippen LogP contribution is -2.08. The second-order valence-corrected chi connectivity index (χ2v) is 4.86. The fourth-order valence-electron chi connectivity index (χ4n) is 2.00. The number of carboxylic acids is 1. The molecule has 122 valence electrons. The molecular formula is C16H13F4NO2. The molecule has 0 saturated carbocycles. The van der Waals surface area contributed by atoms with Crippen LogP contribution in [0.4, 0.5) is 23.2 Å². The highest BCUT2D eigenvalue weighted by molar-refractivity contribution is 5.87. The van der Waals surface area contributed by atoms with Gasteiger partial charge in [0.15, 0.2) is 0 Å². The van der Waals surface area contributed by atoms with Crippen LogP contribution in [0, 0.1) is 5.82 Å². The number of benzene rings is 2. The van der Waals surface area contributed by atoms with Crippen LogP contribution in [0.15, 0.2) is 42.5 Å². The van der Waals surface area contributed by atoms with Crippen molar-refractivity contribution in [3.8, 4) is 0 Å². The number of aromatic carboxylic acids is 1. The first kappa shape index (κ1) is 16.8. The second-order valence-electron chi connectivity index (χ2n) is 4.86. The fourth-order valence-corrected chi connectivity index (χ4v) is 2.00. The maximum absolute atomic E-state index is 13.7. The molecule has 2 aromatic rings. The molecule has 0 amide bonds. The smallest absolute Gasteiger partial charge is 0.416 e. The summed E-state index contributed by atoms with van der Waals surface area (Å²) in [5.74, 6) is -1.84. The Hall–Kier alpha value is -2.57. The van der Waals surface area contributed by atoms with Gasteiger partial charge in [-0.1, -0.05) is 6.07 Å². The highest BCUT2D eigenvalue weighted by Crippen LogP contribution is 2.29. The van der Waals surface area contributed by atoms with Crippen molar-refractivity contribution in [2.24, 2.45) is 0 Å². The van der Waals surface area contributed by atoms with Crippen LogP contribution in [0.3, 0.4) is 0 Å². The Kier molecular flexibility index (Phi) is 4.88. The molecule has 0 aliphatic heterocycles. The van der Waals surface area contributed by atoms with E-state index < -0.39 is 23.5 Å². The van der Waals surface area contributed by atoms with Gasteiger partial charge in [0.2, 0.25) is 0 Å². The first-order valence-corrected chi connectivity index (χ1v) is 6.70. The number of alkyl halides is 3. The van der Waals surface area contributed by atoms with Crippen molar-refractivity contribution in [3.63, 3.8) is 0 Å². The van der Waals surface area contributed by atoms with Crippen LogP contribution in [0.5, 0.6) is 0 Å². The number of hydrogen-bond acceptors (Lipinski definition) is 2. The summed E-state index contributed by atoms with van der Waals surface area (Å²) in [7, 11) is 0. The third-order valence-corrected chi connectivity index (χ3v) is 3.24. The summed E-state index contributed by atoms with van der Waals surface area (Å²) in [4.78, 5) is 10.7. The van der Waals surface area contributed by atoms with Crippen molar-refractivity contribution >= 4 is 11.7 Å². The SMILES string of the molecule is O=C(O)c1ccc(CCNc2ccc(C(F)(F)F)cc2)c(F)c1. The predicted octanol–water partition coefficient (Wildman–Crippen LogP) is 4.20. The zero-order chi connectivity index (χ0) is 17.0. The lowest BCUT2D eigenvalue weighted by Gasteiger charge is -2.10. The van der Waals surface area contributed by atoms with Gasteiger partial charge in [-0.3, -0.25) is 0 Å². The summed E-state index contributed by atoms with van der Waals surface area (Å²) < 4.78 is 51.0. The van der Waals surface area contributed by atoms with E-state index in [0.717, 1.165) is 18.2 Å². The van der Waals surface area contributed by atoms with Crippen LogP contribution in [-0.2, 0) is 12.6 Å². The van der Waals surface area contributed by atoms with Crippen LogP contribution in [0.2, 0.25) is 0 Å². The lowest BCUT2D eigenvalue weighted by atomic mass is 10.1. The molecule has 0 fully saturated rings. The van der Waals surface area contributed by atoms with E-state index in [4.69, 9.17) is 5.11 Å². The van der Waals surface area contributed by atoms with Crippen molar-refractivity contribution < 1.29 is 27.5 Å². The van der Waals surface area contributed by atoms with Gasteiger partial charge in [-0.05, 0) is 48.4 Å². The van der Waals surface area contributed by atoms with Crippen molar-refractivity contribution in [2.75, 3.05) is 11.9 Å². The van der Waals surface area contributed by atoms with Crippen LogP contribution in [-0.4, -0.2) is 17.6 Å². The van der Waals surface area contributed by atoms with E-state index in [2.05, 4.69) is 5.32 Å². The molecule has 2 aromatic carbocycles. The van der Waals surface area contributed by atoms with Crippen LogP contribution < -0.4 is 5.32 Å². The highest BCUT2D eigenvalue weighted by Gasteiger charge is 2.29. The number of carbonyl (C=O) groups is 1. The monoisotopic (exact) mass is 327 g/mol. The molecule has 2 N–H and O–H groups in total. The lowest BCUT2D eigenvalue weighted by molar-refractivity contribution is -0.137. The normalized spacial score (nSPS) is 11.3. The molecular weight excluding hydrogens is 314 g/mol. The Morgan fingerprint density at radius 3 is 2.26 bits per heavy atom. The highest BCUT2D eigenvalue weighted by atomic mass is 19.4. The molecule has 0 aromatic heterocycles. The Bertz CT molecular complexity index is 696. The Labute approximate surface area is 129 Å². The van der Waals surface area contributed by atoms with Gasteiger partial charge in [-0.2, -0.15) is 13.2 Å². The van der Waals surface area contributed by atoms with E-state index in [0.29, 0.717) is 17.8 Å². The summed E-state index contributed by atoms with van der Waals surface area (Å²) in [6.45, 7) is 0.300. The quantitative estimate of drug-likeness (QED) is 0.809. The molecule has 0 aliphatic rings. The van der Waals surface area contributed by atoms with Crippen molar-refractivity contribution in [1.82, 2.24) is 0 Å². The summed E-state index contributed by atoms with van der Waals surface area (Å²) in [5.41, 5.74) is -0.0599. The molecule has 23 heavy (non-hydrogen) atoms. The van der Waals surface area contributed by atoms with E-state index in [9.17, 15) is 22.4 Å². The molecule has 0 aliphatic carbocycles. The fraction of sp³-hybridized carbons (Fsp3) is 0.188. The third-order valence-electron chi connectivity index (χ3n) is 3.24. The Morgan fingerprint density at radius 2 is 1.74 bits per heavy atom. The number of nitrogens with one attached hydrogen (secondary N) is 1. The van der Waals surface area contributed by atoms with E-state index in [1.54, 1.807) is 0 Å². The van der Waals surface area contributed by atoms with Crippen LogP contribution in [0.1, 0.15) is 21.5 Å².